The monoisotopic (exact) mass is 333 g/mol. The molecule has 0 atom stereocenters. The molecule has 0 heterocycles. The largest absolute Gasteiger partial charge is 0.278 e. The van der Waals surface area contributed by atoms with E-state index in [1.807, 2.05) is 42.5 Å². The fourth-order valence-corrected chi connectivity index (χ4v) is 2.51. The van der Waals surface area contributed by atoms with E-state index in [4.69, 9.17) is 0 Å². The molecule has 0 saturated heterocycles. The molecule has 1 amide bonds. The van der Waals surface area contributed by atoms with Crippen LogP contribution in [0.5, 0.6) is 0 Å². The Morgan fingerprint density at radius 2 is 1.76 bits per heavy atom. The average Bonchev–Trinajstić information content (AvgIpc) is 2.62. The molecule has 6 heteroatoms. The number of hydrogen-bond acceptors (Lipinski definition) is 4. The van der Waals surface area contributed by atoms with Gasteiger partial charge < -0.3 is 0 Å². The van der Waals surface area contributed by atoms with Gasteiger partial charge in [-0.25, -0.2) is 5.43 Å². The number of hydrogen-bond donors (Lipinski definition) is 1. The highest BCUT2D eigenvalue weighted by Crippen LogP contribution is 2.16. The van der Waals surface area contributed by atoms with Crippen LogP contribution in [0.3, 0.4) is 0 Å². The molecule has 0 fully saturated rings. The number of carbonyl (C=O) groups is 1. The maximum atomic E-state index is 12.0. The van der Waals surface area contributed by atoms with E-state index >= 15 is 0 Å². The van der Waals surface area contributed by atoms with Crippen LogP contribution in [-0.2, 0) is 11.2 Å². The topological polar surface area (TPSA) is 84.6 Å². The molecule has 124 valence electrons. The minimum atomic E-state index is -0.488. The van der Waals surface area contributed by atoms with Crippen molar-refractivity contribution in [3.05, 3.63) is 88.0 Å². The number of nitro benzene ring substituents is 1. The Hall–Kier alpha value is -3.54. The highest BCUT2D eigenvalue weighted by molar-refractivity contribution is 5.88. The van der Waals surface area contributed by atoms with Gasteiger partial charge in [-0.15, -0.1) is 0 Å². The first-order valence-electron chi connectivity index (χ1n) is 7.66. The molecular weight excluding hydrogens is 318 g/mol. The standard InChI is InChI=1S/C19H15N3O3/c23-19(12-14-9-10-15-5-1-2-6-16(15)11-14)21-20-13-17-7-3-4-8-18(17)22(24)25/h1-11,13H,12H2,(H,21,23). The van der Waals surface area contributed by atoms with Crippen LogP contribution in [0.2, 0.25) is 0 Å². The van der Waals surface area contributed by atoms with Crippen LogP contribution in [0.1, 0.15) is 11.1 Å². The third-order valence-corrected chi connectivity index (χ3v) is 3.70. The van der Waals surface area contributed by atoms with Gasteiger partial charge in [0.2, 0.25) is 5.91 Å². The Bertz CT molecular complexity index is 967. The van der Waals surface area contributed by atoms with Gasteiger partial charge in [0.05, 0.1) is 23.1 Å². The first-order valence-corrected chi connectivity index (χ1v) is 7.66. The smallest absolute Gasteiger partial charge is 0.273 e. The van der Waals surface area contributed by atoms with Crippen molar-refractivity contribution in [1.82, 2.24) is 5.43 Å². The summed E-state index contributed by atoms with van der Waals surface area (Å²) in [5.41, 5.74) is 3.55. The van der Waals surface area contributed by atoms with Gasteiger partial charge in [0.15, 0.2) is 0 Å². The lowest BCUT2D eigenvalue weighted by Crippen LogP contribution is -2.19. The van der Waals surface area contributed by atoms with Gasteiger partial charge in [-0.2, -0.15) is 5.10 Å². The number of fused-ring (bicyclic) bond motifs is 1. The van der Waals surface area contributed by atoms with Gasteiger partial charge in [0.25, 0.3) is 5.69 Å². The molecule has 0 unspecified atom stereocenters. The highest BCUT2D eigenvalue weighted by Gasteiger charge is 2.10. The maximum absolute atomic E-state index is 12.0. The minimum absolute atomic E-state index is 0.0602. The zero-order chi connectivity index (χ0) is 17.6. The zero-order valence-electron chi connectivity index (χ0n) is 13.3. The molecule has 0 radical (unpaired) electrons. The molecular formula is C19H15N3O3. The Kier molecular flexibility index (Phi) is 4.80. The number of para-hydroxylation sites is 1. The van der Waals surface area contributed by atoms with Crippen molar-refractivity contribution in [3.8, 4) is 0 Å². The first kappa shape index (κ1) is 16.3. The molecule has 3 aromatic carbocycles. The molecule has 0 aliphatic carbocycles. The number of amides is 1. The molecule has 0 aliphatic rings. The molecule has 0 aliphatic heterocycles. The van der Waals surface area contributed by atoms with Crippen molar-refractivity contribution in [2.24, 2.45) is 5.10 Å². The second kappa shape index (κ2) is 7.35. The lowest BCUT2D eigenvalue weighted by Gasteiger charge is -2.03. The maximum Gasteiger partial charge on any atom is 0.278 e. The first-order chi connectivity index (χ1) is 12.1. The Morgan fingerprint density at radius 3 is 2.56 bits per heavy atom. The SMILES string of the molecule is O=C(Cc1ccc2ccccc2c1)NN=Cc1ccccc1[N+](=O)[O-]. The summed E-state index contributed by atoms with van der Waals surface area (Å²) in [6, 6.07) is 19.9. The van der Waals surface area contributed by atoms with Gasteiger partial charge in [0.1, 0.15) is 0 Å². The third kappa shape index (κ3) is 4.06. The fraction of sp³-hybridized carbons (Fsp3) is 0.0526. The van der Waals surface area contributed by atoms with Crippen LogP contribution in [0.4, 0.5) is 5.69 Å². The van der Waals surface area contributed by atoms with Crippen molar-refractivity contribution < 1.29 is 9.72 Å². The van der Waals surface area contributed by atoms with Crippen LogP contribution < -0.4 is 5.43 Å². The Balaban J connectivity index is 1.65. The van der Waals surface area contributed by atoms with Gasteiger partial charge in [-0.05, 0) is 22.4 Å². The number of hydrazone groups is 1. The predicted molar refractivity (Wildman–Crippen MR) is 96.5 cm³/mol. The van der Waals surface area contributed by atoms with Gasteiger partial charge >= 0.3 is 0 Å². The molecule has 0 bridgehead atoms. The van der Waals surface area contributed by atoms with Crippen molar-refractivity contribution in [1.29, 1.82) is 0 Å². The summed E-state index contributed by atoms with van der Waals surface area (Å²) in [5, 5.41) is 16.9. The normalized spacial score (nSPS) is 10.9. The average molecular weight is 333 g/mol. The summed E-state index contributed by atoms with van der Waals surface area (Å²) in [6.07, 6.45) is 1.45. The third-order valence-electron chi connectivity index (χ3n) is 3.70. The van der Waals surface area contributed by atoms with E-state index in [9.17, 15) is 14.9 Å². The minimum Gasteiger partial charge on any atom is -0.273 e. The van der Waals surface area contributed by atoms with Crippen molar-refractivity contribution in [2.75, 3.05) is 0 Å². The summed E-state index contributed by atoms with van der Waals surface area (Å²) in [7, 11) is 0. The summed E-state index contributed by atoms with van der Waals surface area (Å²) in [4.78, 5) is 22.4. The van der Waals surface area contributed by atoms with Gasteiger partial charge in [-0.3, -0.25) is 14.9 Å². The summed E-state index contributed by atoms with van der Waals surface area (Å²) in [5.74, 6) is -0.287. The summed E-state index contributed by atoms with van der Waals surface area (Å²) >= 11 is 0. The molecule has 1 N–H and O–H groups in total. The number of benzene rings is 3. The molecule has 25 heavy (non-hydrogen) atoms. The lowest BCUT2D eigenvalue weighted by atomic mass is 10.1. The molecule has 3 rings (SSSR count). The van der Waals surface area contributed by atoms with Gasteiger partial charge in [0, 0.05) is 6.07 Å². The van der Waals surface area contributed by atoms with Crippen molar-refractivity contribution in [3.63, 3.8) is 0 Å². The second-order valence-electron chi connectivity index (χ2n) is 5.47. The Labute approximate surface area is 143 Å². The van der Waals surface area contributed by atoms with Crippen molar-refractivity contribution in [2.45, 2.75) is 6.42 Å². The summed E-state index contributed by atoms with van der Waals surface area (Å²) in [6.45, 7) is 0. The van der Waals surface area contributed by atoms with Crippen LogP contribution >= 0.6 is 0 Å². The van der Waals surface area contributed by atoms with E-state index in [0.29, 0.717) is 5.56 Å². The highest BCUT2D eigenvalue weighted by atomic mass is 16.6. The Morgan fingerprint density at radius 1 is 1.04 bits per heavy atom. The summed E-state index contributed by atoms with van der Waals surface area (Å²) < 4.78 is 0. The number of nitro groups is 1. The van der Waals surface area contributed by atoms with E-state index in [1.54, 1.807) is 18.2 Å². The molecule has 0 aromatic heterocycles. The zero-order valence-corrected chi connectivity index (χ0v) is 13.3. The molecule has 3 aromatic rings. The van der Waals surface area contributed by atoms with E-state index in [0.717, 1.165) is 16.3 Å². The number of rotatable bonds is 5. The van der Waals surface area contributed by atoms with Crippen molar-refractivity contribution >= 4 is 28.6 Å². The molecule has 6 nitrogen and oxygen atoms in total. The fourth-order valence-electron chi connectivity index (χ4n) is 2.51. The van der Waals surface area contributed by atoms with Crippen LogP contribution in [0.25, 0.3) is 10.8 Å². The van der Waals surface area contributed by atoms with E-state index < -0.39 is 4.92 Å². The van der Waals surface area contributed by atoms with Crippen LogP contribution in [0, 0.1) is 10.1 Å². The van der Waals surface area contributed by atoms with E-state index in [-0.39, 0.29) is 18.0 Å². The number of nitrogens with zero attached hydrogens (tertiary/aromatic N) is 2. The second-order valence-corrected chi connectivity index (χ2v) is 5.47. The number of nitrogens with one attached hydrogen (secondary N) is 1. The molecule has 0 saturated carbocycles. The van der Waals surface area contributed by atoms with E-state index in [2.05, 4.69) is 10.5 Å². The quantitative estimate of drug-likeness (QED) is 0.441. The lowest BCUT2D eigenvalue weighted by molar-refractivity contribution is -0.385. The van der Waals surface area contributed by atoms with Crippen LogP contribution in [-0.4, -0.2) is 17.0 Å². The molecule has 0 spiro atoms. The predicted octanol–water partition coefficient (Wildman–Crippen LogP) is 3.44. The van der Waals surface area contributed by atoms with E-state index in [1.165, 1.54) is 12.3 Å². The van der Waals surface area contributed by atoms with Gasteiger partial charge in [-0.1, -0.05) is 54.6 Å². The number of carbonyl (C=O) groups excluding carboxylic acids is 1. The van der Waals surface area contributed by atoms with Crippen LogP contribution in [0.15, 0.2) is 71.8 Å².